The predicted molar refractivity (Wildman–Crippen MR) is 90.0 cm³/mol. The molecule has 1 aromatic carbocycles. The second-order valence-corrected chi connectivity index (χ2v) is 5.94. The van der Waals surface area contributed by atoms with Crippen LogP contribution in [0.1, 0.15) is 24.8 Å². The van der Waals surface area contributed by atoms with E-state index in [-0.39, 0.29) is 24.6 Å². The monoisotopic (exact) mass is 387 g/mol. The van der Waals surface area contributed by atoms with Crippen LogP contribution in [-0.2, 0) is 14.3 Å². The SMILES string of the molecule is O=C(O)CCN(C(=O)/C=C/c1ccccc1OC(F)(F)F)C1CCOCC1. The van der Waals surface area contributed by atoms with E-state index in [0.29, 0.717) is 26.1 Å². The van der Waals surface area contributed by atoms with E-state index in [1.54, 1.807) is 0 Å². The molecule has 1 aliphatic heterocycles. The number of alkyl halides is 3. The number of halogens is 3. The van der Waals surface area contributed by atoms with Gasteiger partial charge in [-0.25, -0.2) is 0 Å². The summed E-state index contributed by atoms with van der Waals surface area (Å²) in [6, 6.07) is 5.28. The van der Waals surface area contributed by atoms with Gasteiger partial charge >= 0.3 is 12.3 Å². The lowest BCUT2D eigenvalue weighted by Crippen LogP contribution is -2.43. The number of hydrogen-bond donors (Lipinski definition) is 1. The van der Waals surface area contributed by atoms with Crippen molar-refractivity contribution in [2.75, 3.05) is 19.8 Å². The average Bonchev–Trinajstić information content (AvgIpc) is 2.60. The number of nitrogens with zero attached hydrogens (tertiary/aromatic N) is 1. The molecule has 1 saturated heterocycles. The largest absolute Gasteiger partial charge is 0.573 e. The first-order chi connectivity index (χ1) is 12.8. The van der Waals surface area contributed by atoms with Gasteiger partial charge in [0.15, 0.2) is 0 Å². The molecule has 2 rings (SSSR count). The Bertz CT molecular complexity index is 684. The quantitative estimate of drug-likeness (QED) is 0.728. The van der Waals surface area contributed by atoms with Gasteiger partial charge in [0.05, 0.1) is 6.42 Å². The van der Waals surface area contributed by atoms with E-state index >= 15 is 0 Å². The molecular weight excluding hydrogens is 367 g/mol. The highest BCUT2D eigenvalue weighted by atomic mass is 19.4. The van der Waals surface area contributed by atoms with Gasteiger partial charge in [-0.2, -0.15) is 0 Å². The predicted octanol–water partition coefficient (Wildman–Crippen LogP) is 3.08. The van der Waals surface area contributed by atoms with Gasteiger partial charge in [-0.1, -0.05) is 18.2 Å². The Kier molecular flexibility index (Phi) is 7.23. The van der Waals surface area contributed by atoms with Crippen molar-refractivity contribution in [3.05, 3.63) is 35.9 Å². The van der Waals surface area contributed by atoms with Crippen LogP contribution in [0.4, 0.5) is 13.2 Å². The highest BCUT2D eigenvalue weighted by Crippen LogP contribution is 2.27. The van der Waals surface area contributed by atoms with Crippen LogP contribution in [0, 0.1) is 0 Å². The maximum atomic E-state index is 12.6. The number of carbonyl (C=O) groups is 2. The number of ether oxygens (including phenoxy) is 2. The van der Waals surface area contributed by atoms with Crippen LogP contribution in [0.15, 0.2) is 30.3 Å². The zero-order valence-corrected chi connectivity index (χ0v) is 14.4. The number of benzene rings is 1. The topological polar surface area (TPSA) is 76.1 Å². The summed E-state index contributed by atoms with van der Waals surface area (Å²) in [4.78, 5) is 24.9. The van der Waals surface area contributed by atoms with Crippen molar-refractivity contribution in [3.8, 4) is 5.75 Å². The number of hydrogen-bond acceptors (Lipinski definition) is 4. The van der Waals surface area contributed by atoms with Crippen LogP contribution >= 0.6 is 0 Å². The summed E-state index contributed by atoms with van der Waals surface area (Å²) >= 11 is 0. The van der Waals surface area contributed by atoms with Gasteiger partial charge in [-0.3, -0.25) is 9.59 Å². The van der Waals surface area contributed by atoms with Crippen molar-refractivity contribution >= 4 is 18.0 Å². The molecule has 0 aliphatic carbocycles. The van der Waals surface area contributed by atoms with Crippen LogP contribution in [0.3, 0.4) is 0 Å². The summed E-state index contributed by atoms with van der Waals surface area (Å²) in [7, 11) is 0. The number of aliphatic carboxylic acids is 1. The van der Waals surface area contributed by atoms with Crippen molar-refractivity contribution in [2.24, 2.45) is 0 Å². The second-order valence-electron chi connectivity index (χ2n) is 5.94. The average molecular weight is 387 g/mol. The van der Waals surface area contributed by atoms with Gasteiger partial charge in [0.25, 0.3) is 0 Å². The summed E-state index contributed by atoms with van der Waals surface area (Å²) in [6.07, 6.45) is -1.54. The summed E-state index contributed by atoms with van der Waals surface area (Å²) < 4.78 is 46.6. The standard InChI is InChI=1S/C18H20F3NO5/c19-18(20,21)27-15-4-2-1-3-13(15)5-6-16(23)22(10-7-17(24)25)14-8-11-26-12-9-14/h1-6,14H,7-12H2,(H,24,25)/b6-5+. The summed E-state index contributed by atoms with van der Waals surface area (Å²) in [5.41, 5.74) is 0.0911. The highest BCUT2D eigenvalue weighted by Gasteiger charge is 2.32. The molecule has 6 nitrogen and oxygen atoms in total. The van der Waals surface area contributed by atoms with E-state index in [2.05, 4.69) is 4.74 Å². The Balaban J connectivity index is 2.14. The minimum Gasteiger partial charge on any atom is -0.481 e. The van der Waals surface area contributed by atoms with Gasteiger partial charge in [0, 0.05) is 37.4 Å². The minimum atomic E-state index is -4.84. The molecule has 1 fully saturated rings. The third kappa shape index (κ3) is 6.93. The van der Waals surface area contributed by atoms with Crippen molar-refractivity contribution in [3.63, 3.8) is 0 Å². The maximum Gasteiger partial charge on any atom is 0.573 e. The molecule has 1 heterocycles. The van der Waals surface area contributed by atoms with E-state index in [4.69, 9.17) is 9.84 Å². The molecule has 0 atom stereocenters. The summed E-state index contributed by atoms with van der Waals surface area (Å²) in [5, 5.41) is 8.89. The zero-order chi connectivity index (χ0) is 19.9. The van der Waals surface area contributed by atoms with E-state index in [1.165, 1.54) is 29.2 Å². The Morgan fingerprint density at radius 3 is 2.56 bits per heavy atom. The van der Waals surface area contributed by atoms with Crippen molar-refractivity contribution in [2.45, 2.75) is 31.7 Å². The fourth-order valence-corrected chi connectivity index (χ4v) is 2.78. The number of para-hydroxylation sites is 1. The van der Waals surface area contributed by atoms with Crippen LogP contribution in [-0.4, -0.2) is 54.0 Å². The first kappa shape index (κ1) is 20.8. The molecule has 27 heavy (non-hydrogen) atoms. The Hall–Kier alpha value is -2.55. The Morgan fingerprint density at radius 1 is 1.26 bits per heavy atom. The van der Waals surface area contributed by atoms with Gasteiger partial charge in [0.1, 0.15) is 5.75 Å². The van der Waals surface area contributed by atoms with E-state index < -0.39 is 24.0 Å². The summed E-state index contributed by atoms with van der Waals surface area (Å²) in [6.45, 7) is 0.949. The molecule has 9 heteroatoms. The van der Waals surface area contributed by atoms with Gasteiger partial charge < -0.3 is 19.5 Å². The number of carboxylic acids is 1. The molecule has 0 unspecified atom stereocenters. The number of carbonyl (C=O) groups excluding carboxylic acids is 1. The lowest BCUT2D eigenvalue weighted by atomic mass is 10.1. The van der Waals surface area contributed by atoms with E-state index in [0.717, 1.165) is 12.1 Å². The normalized spacial score (nSPS) is 15.7. The van der Waals surface area contributed by atoms with Crippen molar-refractivity contribution < 1.29 is 37.3 Å². The van der Waals surface area contributed by atoms with Gasteiger partial charge in [0.2, 0.25) is 5.91 Å². The van der Waals surface area contributed by atoms with Crippen molar-refractivity contribution in [1.29, 1.82) is 0 Å². The van der Waals surface area contributed by atoms with Crippen molar-refractivity contribution in [1.82, 2.24) is 4.90 Å². The molecule has 0 spiro atoms. The van der Waals surface area contributed by atoms with Gasteiger partial charge in [-0.15, -0.1) is 13.2 Å². The number of amides is 1. The maximum absolute atomic E-state index is 12.6. The second kappa shape index (κ2) is 9.40. The minimum absolute atomic E-state index is 0.0177. The molecular formula is C18H20F3NO5. The fourth-order valence-electron chi connectivity index (χ4n) is 2.78. The molecule has 0 radical (unpaired) electrons. The molecule has 0 saturated carbocycles. The molecule has 1 N–H and O–H groups in total. The van der Waals surface area contributed by atoms with E-state index in [1.807, 2.05) is 0 Å². The van der Waals surface area contributed by atoms with Gasteiger partial charge in [-0.05, 0) is 25.0 Å². The van der Waals surface area contributed by atoms with Crippen LogP contribution in [0.25, 0.3) is 6.08 Å². The smallest absolute Gasteiger partial charge is 0.481 e. The van der Waals surface area contributed by atoms with Crippen LogP contribution in [0.2, 0.25) is 0 Å². The molecule has 148 valence electrons. The van der Waals surface area contributed by atoms with Crippen LogP contribution in [0.5, 0.6) is 5.75 Å². The molecule has 1 aromatic rings. The number of rotatable bonds is 7. The van der Waals surface area contributed by atoms with Crippen LogP contribution < -0.4 is 4.74 Å². The molecule has 1 aliphatic rings. The van der Waals surface area contributed by atoms with E-state index in [9.17, 15) is 22.8 Å². The molecule has 0 bridgehead atoms. The number of carboxylic acid groups (broad SMARTS) is 1. The summed E-state index contributed by atoms with van der Waals surface area (Å²) in [5.74, 6) is -1.92. The molecule has 0 aromatic heterocycles. The fraction of sp³-hybridized carbons (Fsp3) is 0.444. The lowest BCUT2D eigenvalue weighted by molar-refractivity contribution is -0.274. The lowest BCUT2D eigenvalue weighted by Gasteiger charge is -2.33. The first-order valence-corrected chi connectivity index (χ1v) is 8.39. The Morgan fingerprint density at radius 2 is 1.93 bits per heavy atom. The highest BCUT2D eigenvalue weighted by molar-refractivity contribution is 5.92. The third-order valence-corrected chi connectivity index (χ3v) is 4.03. The first-order valence-electron chi connectivity index (χ1n) is 8.39. The zero-order valence-electron chi connectivity index (χ0n) is 14.4. The third-order valence-electron chi connectivity index (χ3n) is 4.03. The molecule has 1 amide bonds. The Labute approximate surface area is 154 Å².